The molecule has 6 heteroatoms. The molecule has 0 saturated heterocycles. The molecule has 3 aromatic rings. The van der Waals surface area contributed by atoms with Gasteiger partial charge in [0.25, 0.3) is 5.91 Å². The van der Waals surface area contributed by atoms with Gasteiger partial charge in [0, 0.05) is 29.8 Å². The first kappa shape index (κ1) is 14.2. The van der Waals surface area contributed by atoms with Crippen LogP contribution in [0.5, 0.6) is 0 Å². The largest absolute Gasteiger partial charge is 0.343 e. The van der Waals surface area contributed by atoms with Crippen LogP contribution in [0.25, 0.3) is 5.65 Å². The summed E-state index contributed by atoms with van der Waals surface area (Å²) in [6.45, 7) is 0. The van der Waals surface area contributed by atoms with Gasteiger partial charge in [-0.05, 0) is 36.5 Å². The number of hydrogen-bond donors (Lipinski definition) is 1. The van der Waals surface area contributed by atoms with E-state index < -0.39 is 0 Å². The molecule has 1 fully saturated rings. The topological polar surface area (TPSA) is 59.3 Å². The average Bonchev–Trinajstić information content (AvgIpc) is 3.29. The van der Waals surface area contributed by atoms with Gasteiger partial charge in [0.1, 0.15) is 0 Å². The monoisotopic (exact) mass is 326 g/mol. The predicted octanol–water partition coefficient (Wildman–Crippen LogP) is 3.26. The standard InChI is InChI=1S/C17H15ClN4O/c18-13-5-3-12(4-6-13)14(11-1-2-11)21-17(23)15-16-20-8-10-22(16)9-7-19-15/h3-11,14H,1-2H2,(H,21,23)/t14-/m1/s1. The number of carbonyl (C=O) groups excluding carboxylic acids is 1. The molecule has 1 atom stereocenters. The summed E-state index contributed by atoms with van der Waals surface area (Å²) >= 11 is 5.96. The number of aromatic nitrogens is 3. The van der Waals surface area contributed by atoms with Crippen LogP contribution >= 0.6 is 11.6 Å². The maximum atomic E-state index is 12.7. The number of fused-ring (bicyclic) bond motifs is 1. The third-order valence-corrected chi connectivity index (χ3v) is 4.39. The van der Waals surface area contributed by atoms with Crippen molar-refractivity contribution in [3.63, 3.8) is 0 Å². The maximum Gasteiger partial charge on any atom is 0.274 e. The van der Waals surface area contributed by atoms with Gasteiger partial charge >= 0.3 is 0 Å². The van der Waals surface area contributed by atoms with E-state index in [1.165, 1.54) is 0 Å². The molecular weight excluding hydrogens is 312 g/mol. The van der Waals surface area contributed by atoms with E-state index in [2.05, 4.69) is 15.3 Å². The Morgan fingerprint density at radius 3 is 2.57 bits per heavy atom. The second kappa shape index (κ2) is 5.66. The minimum Gasteiger partial charge on any atom is -0.343 e. The van der Waals surface area contributed by atoms with Crippen molar-refractivity contribution in [3.05, 3.63) is 65.3 Å². The van der Waals surface area contributed by atoms with Gasteiger partial charge in [0.2, 0.25) is 0 Å². The summed E-state index contributed by atoms with van der Waals surface area (Å²) in [7, 11) is 0. The second-order valence-electron chi connectivity index (χ2n) is 5.77. The minimum atomic E-state index is -0.200. The third-order valence-electron chi connectivity index (χ3n) is 4.14. The number of nitrogens with one attached hydrogen (secondary N) is 1. The molecule has 1 aliphatic carbocycles. The number of halogens is 1. The number of imidazole rings is 1. The summed E-state index contributed by atoms with van der Waals surface area (Å²) in [4.78, 5) is 21.1. The van der Waals surface area contributed by atoms with Crippen LogP contribution < -0.4 is 5.32 Å². The highest BCUT2D eigenvalue weighted by molar-refractivity contribution is 6.30. The lowest BCUT2D eigenvalue weighted by molar-refractivity contribution is 0.0928. The number of hydrogen-bond acceptors (Lipinski definition) is 3. The van der Waals surface area contributed by atoms with E-state index in [0.29, 0.717) is 22.3 Å². The Hall–Kier alpha value is -2.40. The van der Waals surface area contributed by atoms with E-state index >= 15 is 0 Å². The first-order chi connectivity index (χ1) is 11.2. The van der Waals surface area contributed by atoms with Crippen molar-refractivity contribution in [2.24, 2.45) is 5.92 Å². The summed E-state index contributed by atoms with van der Waals surface area (Å²) in [5.41, 5.74) is 1.98. The van der Waals surface area contributed by atoms with E-state index in [1.54, 1.807) is 29.2 Å². The van der Waals surface area contributed by atoms with Crippen molar-refractivity contribution in [2.75, 3.05) is 0 Å². The third kappa shape index (κ3) is 2.80. The van der Waals surface area contributed by atoms with Crippen LogP contribution in [0.1, 0.15) is 34.9 Å². The van der Waals surface area contributed by atoms with Gasteiger partial charge in [-0.3, -0.25) is 4.79 Å². The zero-order valence-corrected chi connectivity index (χ0v) is 13.1. The molecule has 4 rings (SSSR count). The Morgan fingerprint density at radius 1 is 1.17 bits per heavy atom. The highest BCUT2D eigenvalue weighted by Gasteiger charge is 2.34. The fourth-order valence-electron chi connectivity index (χ4n) is 2.80. The van der Waals surface area contributed by atoms with Gasteiger partial charge in [0.05, 0.1) is 6.04 Å². The molecule has 2 heterocycles. The molecule has 0 aliphatic heterocycles. The van der Waals surface area contributed by atoms with Crippen LogP contribution in [0.15, 0.2) is 49.1 Å². The van der Waals surface area contributed by atoms with Crippen LogP contribution in [0.3, 0.4) is 0 Å². The van der Waals surface area contributed by atoms with Crippen LogP contribution in [-0.4, -0.2) is 20.3 Å². The van der Waals surface area contributed by atoms with Crippen LogP contribution in [0, 0.1) is 5.92 Å². The smallest absolute Gasteiger partial charge is 0.274 e. The summed E-state index contributed by atoms with van der Waals surface area (Å²) in [5, 5.41) is 3.81. The molecule has 1 aromatic carbocycles. The van der Waals surface area contributed by atoms with Gasteiger partial charge in [0.15, 0.2) is 11.3 Å². The Morgan fingerprint density at radius 2 is 1.87 bits per heavy atom. The minimum absolute atomic E-state index is 0.0169. The molecule has 0 spiro atoms. The molecule has 0 radical (unpaired) electrons. The number of nitrogens with zero attached hydrogens (tertiary/aromatic N) is 3. The lowest BCUT2D eigenvalue weighted by Gasteiger charge is -2.18. The van der Waals surface area contributed by atoms with Gasteiger partial charge in [-0.2, -0.15) is 0 Å². The van der Waals surface area contributed by atoms with Crippen molar-refractivity contribution in [2.45, 2.75) is 18.9 Å². The maximum absolute atomic E-state index is 12.7. The van der Waals surface area contributed by atoms with E-state index in [-0.39, 0.29) is 11.9 Å². The fraction of sp³-hybridized carbons (Fsp3) is 0.235. The molecule has 2 aromatic heterocycles. The summed E-state index contributed by atoms with van der Waals surface area (Å²) < 4.78 is 1.79. The Balaban J connectivity index is 1.63. The SMILES string of the molecule is O=C(N[C@@H](c1ccc(Cl)cc1)C1CC1)c1nccn2ccnc12. The van der Waals surface area contributed by atoms with Gasteiger partial charge < -0.3 is 9.72 Å². The zero-order chi connectivity index (χ0) is 15.8. The molecule has 23 heavy (non-hydrogen) atoms. The quantitative estimate of drug-likeness (QED) is 0.800. The van der Waals surface area contributed by atoms with Gasteiger partial charge in [-0.1, -0.05) is 23.7 Å². The van der Waals surface area contributed by atoms with E-state index in [1.807, 2.05) is 24.3 Å². The highest BCUT2D eigenvalue weighted by Crippen LogP contribution is 2.41. The lowest BCUT2D eigenvalue weighted by atomic mass is 10.0. The van der Waals surface area contributed by atoms with E-state index in [9.17, 15) is 4.79 Å². The summed E-state index contributed by atoms with van der Waals surface area (Å²) in [6.07, 6.45) is 9.08. The Kier molecular flexibility index (Phi) is 3.50. The van der Waals surface area contributed by atoms with Gasteiger partial charge in [-0.25, -0.2) is 9.97 Å². The van der Waals surface area contributed by atoms with Crippen molar-refractivity contribution >= 4 is 23.2 Å². The van der Waals surface area contributed by atoms with E-state index in [4.69, 9.17) is 11.6 Å². The normalized spacial score (nSPS) is 15.5. The van der Waals surface area contributed by atoms with Crippen molar-refractivity contribution < 1.29 is 4.79 Å². The number of benzene rings is 1. The van der Waals surface area contributed by atoms with Crippen LogP contribution in [-0.2, 0) is 0 Å². The molecule has 116 valence electrons. The Labute approximate surface area is 138 Å². The predicted molar refractivity (Wildman–Crippen MR) is 87.4 cm³/mol. The summed E-state index contributed by atoms with van der Waals surface area (Å²) in [6, 6.07) is 7.62. The molecule has 0 unspecified atom stereocenters. The first-order valence-corrected chi connectivity index (χ1v) is 7.94. The van der Waals surface area contributed by atoms with E-state index in [0.717, 1.165) is 18.4 Å². The number of amides is 1. The molecule has 1 N–H and O–H groups in total. The lowest BCUT2D eigenvalue weighted by Crippen LogP contribution is -2.31. The number of carbonyl (C=O) groups is 1. The molecule has 5 nitrogen and oxygen atoms in total. The second-order valence-corrected chi connectivity index (χ2v) is 6.21. The average molecular weight is 327 g/mol. The zero-order valence-electron chi connectivity index (χ0n) is 12.3. The molecule has 1 amide bonds. The van der Waals surface area contributed by atoms with Gasteiger partial charge in [-0.15, -0.1) is 0 Å². The molecule has 0 bridgehead atoms. The van der Waals surface area contributed by atoms with Crippen molar-refractivity contribution in [1.82, 2.24) is 19.7 Å². The Bertz CT molecular complexity index is 854. The fourth-order valence-corrected chi connectivity index (χ4v) is 2.92. The first-order valence-electron chi connectivity index (χ1n) is 7.56. The molecule has 1 saturated carbocycles. The van der Waals surface area contributed by atoms with Crippen molar-refractivity contribution in [3.8, 4) is 0 Å². The molecule has 1 aliphatic rings. The van der Waals surface area contributed by atoms with Crippen LogP contribution in [0.2, 0.25) is 5.02 Å². The highest BCUT2D eigenvalue weighted by atomic mass is 35.5. The number of rotatable bonds is 4. The molecular formula is C17H15ClN4O. The summed E-state index contributed by atoms with van der Waals surface area (Å²) in [5.74, 6) is 0.272. The van der Waals surface area contributed by atoms with Crippen LogP contribution in [0.4, 0.5) is 0 Å². The van der Waals surface area contributed by atoms with Crippen molar-refractivity contribution in [1.29, 1.82) is 0 Å².